The molecule has 0 atom stereocenters. The summed E-state index contributed by atoms with van der Waals surface area (Å²) in [5.41, 5.74) is 0.454. The number of halogens is 1. The number of hydrogen-bond donors (Lipinski definition) is 1. The van der Waals surface area contributed by atoms with Crippen molar-refractivity contribution in [2.24, 2.45) is 0 Å². The lowest BCUT2D eigenvalue weighted by molar-refractivity contribution is -0.132. The van der Waals surface area contributed by atoms with E-state index in [2.05, 4.69) is 5.32 Å². The second-order valence-electron chi connectivity index (χ2n) is 6.93. The molecule has 31 heavy (non-hydrogen) atoms. The van der Waals surface area contributed by atoms with Crippen LogP contribution in [0.1, 0.15) is 20.8 Å². The molecule has 0 aliphatic heterocycles. The van der Waals surface area contributed by atoms with E-state index >= 15 is 0 Å². The van der Waals surface area contributed by atoms with Crippen LogP contribution in [-0.4, -0.2) is 61.4 Å². The minimum atomic E-state index is -0.270. The van der Waals surface area contributed by atoms with E-state index < -0.39 is 0 Å². The SMILES string of the molecule is CCOc1ccc(Oc2ccc(Cl)cc2NC(=O)CN(C)CC(=O)N(CC)CC)cc1. The van der Waals surface area contributed by atoms with Gasteiger partial charge in [0.25, 0.3) is 0 Å². The van der Waals surface area contributed by atoms with E-state index in [1.54, 1.807) is 47.2 Å². The van der Waals surface area contributed by atoms with Crippen LogP contribution in [-0.2, 0) is 9.59 Å². The van der Waals surface area contributed by atoms with E-state index in [9.17, 15) is 9.59 Å². The molecule has 0 saturated heterocycles. The van der Waals surface area contributed by atoms with Crippen molar-refractivity contribution in [1.29, 1.82) is 0 Å². The summed E-state index contributed by atoms with van der Waals surface area (Å²) in [6.07, 6.45) is 0. The highest BCUT2D eigenvalue weighted by Crippen LogP contribution is 2.32. The quantitative estimate of drug-likeness (QED) is 0.557. The Morgan fingerprint density at radius 1 is 0.968 bits per heavy atom. The molecule has 0 bridgehead atoms. The van der Waals surface area contributed by atoms with E-state index in [1.165, 1.54) is 0 Å². The van der Waals surface area contributed by atoms with E-state index in [-0.39, 0.29) is 24.9 Å². The Morgan fingerprint density at radius 2 is 1.61 bits per heavy atom. The fourth-order valence-corrected chi connectivity index (χ4v) is 3.16. The van der Waals surface area contributed by atoms with E-state index in [4.69, 9.17) is 21.1 Å². The number of likely N-dealkylation sites (N-methyl/N-ethyl adjacent to an activating group) is 2. The van der Waals surface area contributed by atoms with Crippen molar-refractivity contribution in [3.8, 4) is 17.2 Å². The first-order valence-electron chi connectivity index (χ1n) is 10.3. The van der Waals surface area contributed by atoms with Gasteiger partial charge in [-0.25, -0.2) is 0 Å². The van der Waals surface area contributed by atoms with Crippen molar-refractivity contribution in [1.82, 2.24) is 9.80 Å². The normalized spacial score (nSPS) is 10.6. The summed E-state index contributed by atoms with van der Waals surface area (Å²) in [6, 6.07) is 12.2. The molecule has 0 radical (unpaired) electrons. The van der Waals surface area contributed by atoms with Crippen molar-refractivity contribution >= 4 is 29.1 Å². The van der Waals surface area contributed by atoms with Gasteiger partial charge in [0.2, 0.25) is 11.8 Å². The van der Waals surface area contributed by atoms with Crippen molar-refractivity contribution in [2.75, 3.05) is 45.2 Å². The number of rotatable bonds is 11. The lowest BCUT2D eigenvalue weighted by Gasteiger charge is -2.23. The van der Waals surface area contributed by atoms with Crippen LogP contribution in [0.2, 0.25) is 5.02 Å². The Hall–Kier alpha value is -2.77. The number of amides is 2. The third kappa shape index (κ3) is 7.77. The van der Waals surface area contributed by atoms with Crippen molar-refractivity contribution in [3.63, 3.8) is 0 Å². The van der Waals surface area contributed by atoms with Crippen LogP contribution in [0.5, 0.6) is 17.2 Å². The zero-order chi connectivity index (χ0) is 22.8. The molecule has 2 amide bonds. The Bertz CT molecular complexity index is 870. The molecule has 0 heterocycles. The van der Waals surface area contributed by atoms with Crippen LogP contribution < -0.4 is 14.8 Å². The number of carbonyl (C=O) groups excluding carboxylic acids is 2. The van der Waals surface area contributed by atoms with Crippen molar-refractivity contribution < 1.29 is 19.1 Å². The molecule has 0 saturated carbocycles. The summed E-state index contributed by atoms with van der Waals surface area (Å²) in [6.45, 7) is 7.88. The van der Waals surface area contributed by atoms with Gasteiger partial charge in [0, 0.05) is 18.1 Å². The van der Waals surface area contributed by atoms with Crippen LogP contribution in [0.4, 0.5) is 5.69 Å². The fourth-order valence-electron chi connectivity index (χ4n) is 2.98. The first kappa shape index (κ1) is 24.5. The number of nitrogens with zero attached hydrogens (tertiary/aromatic N) is 2. The highest BCUT2D eigenvalue weighted by molar-refractivity contribution is 6.31. The molecule has 0 fully saturated rings. The molecule has 168 valence electrons. The molecule has 0 aromatic heterocycles. The number of carbonyl (C=O) groups is 2. The van der Waals surface area contributed by atoms with Gasteiger partial charge in [-0.05, 0) is 70.3 Å². The summed E-state index contributed by atoms with van der Waals surface area (Å²) in [4.78, 5) is 28.2. The average molecular weight is 448 g/mol. The largest absolute Gasteiger partial charge is 0.494 e. The van der Waals surface area contributed by atoms with Gasteiger partial charge < -0.3 is 19.7 Å². The van der Waals surface area contributed by atoms with Gasteiger partial charge in [0.15, 0.2) is 5.75 Å². The maximum absolute atomic E-state index is 12.6. The molecule has 8 heteroatoms. The highest BCUT2D eigenvalue weighted by Gasteiger charge is 2.16. The summed E-state index contributed by atoms with van der Waals surface area (Å²) in [7, 11) is 1.73. The molecule has 0 spiro atoms. The number of benzene rings is 2. The second-order valence-corrected chi connectivity index (χ2v) is 7.37. The topological polar surface area (TPSA) is 71.1 Å². The van der Waals surface area contributed by atoms with Gasteiger partial charge >= 0.3 is 0 Å². The van der Waals surface area contributed by atoms with Crippen molar-refractivity contribution in [2.45, 2.75) is 20.8 Å². The predicted molar refractivity (Wildman–Crippen MR) is 123 cm³/mol. The van der Waals surface area contributed by atoms with Gasteiger partial charge in [-0.15, -0.1) is 0 Å². The summed E-state index contributed by atoms with van der Waals surface area (Å²) in [5.74, 6) is 1.53. The second kappa shape index (κ2) is 12.2. The first-order chi connectivity index (χ1) is 14.9. The molecule has 7 nitrogen and oxygen atoms in total. The van der Waals surface area contributed by atoms with E-state index in [0.717, 1.165) is 5.75 Å². The lowest BCUT2D eigenvalue weighted by Crippen LogP contribution is -2.41. The average Bonchev–Trinajstić information content (AvgIpc) is 2.72. The summed E-state index contributed by atoms with van der Waals surface area (Å²) in [5, 5.41) is 3.30. The summed E-state index contributed by atoms with van der Waals surface area (Å²) >= 11 is 6.12. The maximum atomic E-state index is 12.6. The third-order valence-corrected chi connectivity index (χ3v) is 4.75. The minimum Gasteiger partial charge on any atom is -0.494 e. The number of hydrogen-bond acceptors (Lipinski definition) is 5. The molecule has 0 aliphatic carbocycles. The first-order valence-corrected chi connectivity index (χ1v) is 10.7. The van der Waals surface area contributed by atoms with E-state index in [0.29, 0.717) is 41.9 Å². The Balaban J connectivity index is 2.02. The van der Waals surface area contributed by atoms with Crippen LogP contribution in [0.15, 0.2) is 42.5 Å². The molecule has 1 N–H and O–H groups in total. The molecule has 2 aromatic rings. The molecular weight excluding hydrogens is 418 g/mol. The standard InChI is InChI=1S/C23H30ClN3O4/c1-5-27(6-2)23(29)16-26(4)15-22(28)25-20-14-17(24)8-13-21(20)31-19-11-9-18(10-12-19)30-7-3/h8-14H,5-7,15-16H2,1-4H3,(H,25,28). The fraction of sp³-hybridized carbons (Fsp3) is 0.391. The van der Waals surface area contributed by atoms with Crippen LogP contribution >= 0.6 is 11.6 Å². The molecule has 2 aromatic carbocycles. The molecule has 2 rings (SSSR count). The number of anilines is 1. The van der Waals surface area contributed by atoms with Gasteiger partial charge in [-0.1, -0.05) is 11.6 Å². The predicted octanol–water partition coefficient (Wildman–Crippen LogP) is 4.27. The number of ether oxygens (including phenoxy) is 2. The number of nitrogens with one attached hydrogen (secondary N) is 1. The maximum Gasteiger partial charge on any atom is 0.238 e. The Morgan fingerprint density at radius 3 is 2.23 bits per heavy atom. The highest BCUT2D eigenvalue weighted by atomic mass is 35.5. The van der Waals surface area contributed by atoms with Gasteiger partial charge in [-0.2, -0.15) is 0 Å². The van der Waals surface area contributed by atoms with Crippen molar-refractivity contribution in [3.05, 3.63) is 47.5 Å². The summed E-state index contributed by atoms with van der Waals surface area (Å²) < 4.78 is 11.4. The lowest BCUT2D eigenvalue weighted by atomic mass is 10.2. The van der Waals surface area contributed by atoms with Gasteiger partial charge in [0.1, 0.15) is 11.5 Å². The monoisotopic (exact) mass is 447 g/mol. The Kier molecular flexibility index (Phi) is 9.62. The third-order valence-electron chi connectivity index (χ3n) is 4.51. The van der Waals surface area contributed by atoms with E-state index in [1.807, 2.05) is 32.9 Å². The zero-order valence-electron chi connectivity index (χ0n) is 18.5. The molecular formula is C23H30ClN3O4. The molecule has 0 unspecified atom stereocenters. The minimum absolute atomic E-state index is 0.0115. The van der Waals surface area contributed by atoms with Crippen LogP contribution in [0.3, 0.4) is 0 Å². The van der Waals surface area contributed by atoms with Gasteiger partial charge in [0.05, 0.1) is 25.4 Å². The van der Waals surface area contributed by atoms with Crippen LogP contribution in [0, 0.1) is 0 Å². The van der Waals surface area contributed by atoms with Gasteiger partial charge in [-0.3, -0.25) is 14.5 Å². The molecule has 0 aliphatic rings. The van der Waals surface area contributed by atoms with Crippen LogP contribution in [0.25, 0.3) is 0 Å². The Labute approximate surface area is 188 Å². The smallest absolute Gasteiger partial charge is 0.238 e. The zero-order valence-corrected chi connectivity index (χ0v) is 19.2.